The summed E-state index contributed by atoms with van der Waals surface area (Å²) in [4.78, 5) is 9.18. The number of fused-ring (bicyclic) bond motifs is 3. The highest BCUT2D eigenvalue weighted by atomic mass is 32.1. The summed E-state index contributed by atoms with van der Waals surface area (Å²) < 4.78 is 9.02. The molecule has 1 N–H and O–H groups in total. The van der Waals surface area contributed by atoms with Crippen LogP contribution in [-0.4, -0.2) is 32.9 Å². The Hall–Kier alpha value is -2.01. The predicted octanol–water partition coefficient (Wildman–Crippen LogP) is 3.97. The molecule has 0 amide bonds. The second-order valence-electron chi connectivity index (χ2n) is 7.01. The minimum atomic E-state index is -0.657. The van der Waals surface area contributed by atoms with Crippen molar-refractivity contribution < 1.29 is 9.84 Å². The average molecular weight is 370 g/mol. The molecule has 1 aliphatic rings. The zero-order valence-electron chi connectivity index (χ0n) is 14.9. The first-order chi connectivity index (χ1) is 12.6. The Bertz CT molecular complexity index is 971. The maximum atomic E-state index is 10.3. The summed E-state index contributed by atoms with van der Waals surface area (Å²) >= 11 is 1.66. The number of nitriles is 1. The van der Waals surface area contributed by atoms with E-state index >= 15 is 0 Å². The van der Waals surface area contributed by atoms with Crippen LogP contribution in [0.4, 0.5) is 0 Å². The number of ether oxygens (including phenoxy) is 1. The Kier molecular flexibility index (Phi) is 4.65. The fraction of sp³-hybridized carbons (Fsp3) is 0.526. The molecule has 0 aliphatic heterocycles. The van der Waals surface area contributed by atoms with Crippen LogP contribution >= 0.6 is 11.3 Å². The highest BCUT2D eigenvalue weighted by Gasteiger charge is 2.34. The van der Waals surface area contributed by atoms with E-state index in [0.717, 1.165) is 40.5 Å². The average Bonchev–Trinajstić information content (AvgIpc) is 3.26. The normalized spacial score (nSPS) is 24.8. The number of methoxy groups -OCH3 is 1. The van der Waals surface area contributed by atoms with E-state index in [2.05, 4.69) is 20.6 Å². The predicted molar refractivity (Wildman–Crippen MR) is 101 cm³/mol. The Morgan fingerprint density at radius 3 is 3.04 bits per heavy atom. The standard InChI is InChI=1S/C19H22N4O2S/c1-11(24)19-22-15-10-21-14-6-8-26-18(14)17(15)23(19)13-4-3-12(5-7-20)16(9-13)25-2/h6,8,10-13,16,24H,3-5,9H2,1-2H3/t11-,12-,13+,16-/m1/s1. The molecule has 3 aromatic heterocycles. The second-order valence-corrected chi connectivity index (χ2v) is 7.92. The van der Waals surface area contributed by atoms with Crippen LogP contribution in [0.3, 0.4) is 0 Å². The van der Waals surface area contributed by atoms with Gasteiger partial charge in [-0.1, -0.05) is 0 Å². The Balaban J connectivity index is 1.83. The molecule has 1 saturated carbocycles. The Labute approximate surface area is 156 Å². The number of thiophene rings is 1. The summed E-state index contributed by atoms with van der Waals surface area (Å²) in [6, 6.07) is 4.49. The molecular weight excluding hydrogens is 348 g/mol. The summed E-state index contributed by atoms with van der Waals surface area (Å²) in [5.74, 6) is 0.954. The van der Waals surface area contributed by atoms with Gasteiger partial charge in [0, 0.05) is 19.6 Å². The zero-order chi connectivity index (χ0) is 18.3. The maximum absolute atomic E-state index is 10.3. The lowest BCUT2D eigenvalue weighted by Crippen LogP contribution is -2.33. The Morgan fingerprint density at radius 1 is 1.46 bits per heavy atom. The van der Waals surface area contributed by atoms with Crippen LogP contribution < -0.4 is 0 Å². The Morgan fingerprint density at radius 2 is 2.31 bits per heavy atom. The van der Waals surface area contributed by atoms with Crippen molar-refractivity contribution in [3.8, 4) is 6.07 Å². The summed E-state index contributed by atoms with van der Waals surface area (Å²) in [5.41, 5.74) is 2.84. The molecule has 1 aliphatic carbocycles. The third kappa shape index (κ3) is 2.78. The van der Waals surface area contributed by atoms with E-state index < -0.39 is 6.10 Å². The molecule has 4 rings (SSSR count). The smallest absolute Gasteiger partial charge is 0.138 e. The first-order valence-electron chi connectivity index (χ1n) is 8.95. The van der Waals surface area contributed by atoms with Gasteiger partial charge in [-0.15, -0.1) is 11.3 Å². The van der Waals surface area contributed by atoms with Gasteiger partial charge in [-0.2, -0.15) is 5.26 Å². The van der Waals surface area contributed by atoms with Crippen LogP contribution in [0.2, 0.25) is 0 Å². The molecule has 26 heavy (non-hydrogen) atoms. The number of hydrogen-bond donors (Lipinski definition) is 1. The van der Waals surface area contributed by atoms with Gasteiger partial charge in [0.05, 0.1) is 34.1 Å². The number of aliphatic hydroxyl groups excluding tert-OH is 1. The second kappa shape index (κ2) is 6.95. The fourth-order valence-electron chi connectivity index (χ4n) is 4.21. The van der Waals surface area contributed by atoms with Gasteiger partial charge >= 0.3 is 0 Å². The molecule has 1 fully saturated rings. The summed E-state index contributed by atoms with van der Waals surface area (Å²) in [6.07, 6.45) is 4.42. The molecule has 0 spiro atoms. The highest BCUT2D eigenvalue weighted by Crippen LogP contribution is 2.40. The SMILES string of the molecule is CO[C@@H]1C[C@@H](n2c([C@@H](C)O)nc3cnc4ccsc4c32)CC[C@@H]1CC#N. The van der Waals surface area contributed by atoms with Gasteiger partial charge in [0.15, 0.2) is 0 Å². The molecule has 0 bridgehead atoms. The van der Waals surface area contributed by atoms with E-state index in [1.807, 2.05) is 11.4 Å². The fourth-order valence-corrected chi connectivity index (χ4v) is 5.09. The molecule has 4 atom stereocenters. The van der Waals surface area contributed by atoms with Crippen LogP contribution in [0.25, 0.3) is 21.3 Å². The van der Waals surface area contributed by atoms with E-state index in [1.54, 1.807) is 31.6 Å². The van der Waals surface area contributed by atoms with Crippen LogP contribution in [0.1, 0.15) is 50.6 Å². The van der Waals surface area contributed by atoms with Crippen molar-refractivity contribution in [2.75, 3.05) is 7.11 Å². The number of aliphatic hydroxyl groups is 1. The lowest BCUT2D eigenvalue weighted by molar-refractivity contribution is 0.00807. The molecule has 0 aromatic carbocycles. The number of nitrogens with zero attached hydrogens (tertiary/aromatic N) is 4. The van der Waals surface area contributed by atoms with Crippen LogP contribution in [0.15, 0.2) is 17.6 Å². The minimum Gasteiger partial charge on any atom is -0.385 e. The van der Waals surface area contributed by atoms with Gasteiger partial charge in [0.2, 0.25) is 0 Å². The number of rotatable bonds is 4. The molecule has 0 unspecified atom stereocenters. The monoisotopic (exact) mass is 370 g/mol. The van der Waals surface area contributed by atoms with Crippen molar-refractivity contribution in [1.82, 2.24) is 14.5 Å². The van der Waals surface area contributed by atoms with Crippen LogP contribution in [0.5, 0.6) is 0 Å². The van der Waals surface area contributed by atoms with Crippen molar-refractivity contribution in [2.24, 2.45) is 5.92 Å². The van der Waals surface area contributed by atoms with E-state index in [4.69, 9.17) is 10.00 Å². The number of hydrogen-bond acceptors (Lipinski definition) is 6. The molecule has 0 saturated heterocycles. The van der Waals surface area contributed by atoms with Gasteiger partial charge in [0.25, 0.3) is 0 Å². The summed E-state index contributed by atoms with van der Waals surface area (Å²) in [7, 11) is 1.72. The summed E-state index contributed by atoms with van der Waals surface area (Å²) in [5, 5.41) is 21.5. The lowest BCUT2D eigenvalue weighted by atomic mass is 9.81. The van der Waals surface area contributed by atoms with Gasteiger partial charge in [-0.05, 0) is 43.6 Å². The number of pyridine rings is 1. The summed E-state index contributed by atoms with van der Waals surface area (Å²) in [6.45, 7) is 1.76. The molecule has 6 nitrogen and oxygen atoms in total. The van der Waals surface area contributed by atoms with E-state index in [9.17, 15) is 5.11 Å². The van der Waals surface area contributed by atoms with E-state index in [-0.39, 0.29) is 18.1 Å². The topological polar surface area (TPSA) is 84.0 Å². The first-order valence-corrected chi connectivity index (χ1v) is 9.83. The molecule has 136 valence electrons. The molecule has 3 aromatic rings. The van der Waals surface area contributed by atoms with Crippen molar-refractivity contribution in [2.45, 2.75) is 50.9 Å². The zero-order valence-corrected chi connectivity index (χ0v) is 15.7. The van der Waals surface area contributed by atoms with Crippen molar-refractivity contribution in [3.05, 3.63) is 23.5 Å². The molecule has 3 heterocycles. The van der Waals surface area contributed by atoms with Crippen molar-refractivity contribution >= 4 is 32.6 Å². The third-order valence-electron chi connectivity index (χ3n) is 5.45. The number of aromatic nitrogens is 3. The van der Waals surface area contributed by atoms with Gasteiger partial charge in [0.1, 0.15) is 17.4 Å². The van der Waals surface area contributed by atoms with Gasteiger partial charge < -0.3 is 14.4 Å². The molecular formula is C19H22N4O2S. The lowest BCUT2D eigenvalue weighted by Gasteiger charge is -2.36. The largest absolute Gasteiger partial charge is 0.385 e. The third-order valence-corrected chi connectivity index (χ3v) is 6.36. The van der Waals surface area contributed by atoms with Crippen molar-refractivity contribution in [1.29, 1.82) is 5.26 Å². The van der Waals surface area contributed by atoms with Crippen LogP contribution in [-0.2, 0) is 4.74 Å². The molecule has 7 heteroatoms. The molecule has 0 radical (unpaired) electrons. The van der Waals surface area contributed by atoms with Gasteiger partial charge in [-0.25, -0.2) is 4.98 Å². The van der Waals surface area contributed by atoms with E-state index in [0.29, 0.717) is 12.2 Å². The van der Waals surface area contributed by atoms with Crippen molar-refractivity contribution in [3.63, 3.8) is 0 Å². The number of imidazole rings is 1. The minimum absolute atomic E-state index is 0.0494. The van der Waals surface area contributed by atoms with Gasteiger partial charge in [-0.3, -0.25) is 4.98 Å². The first kappa shape index (κ1) is 17.4. The quantitative estimate of drug-likeness (QED) is 0.751. The maximum Gasteiger partial charge on any atom is 0.138 e. The van der Waals surface area contributed by atoms with E-state index in [1.165, 1.54) is 0 Å². The van der Waals surface area contributed by atoms with Crippen LogP contribution in [0, 0.1) is 17.2 Å². The highest BCUT2D eigenvalue weighted by molar-refractivity contribution is 7.18.